The lowest BCUT2D eigenvalue weighted by Crippen LogP contribution is -2.16. The van der Waals surface area contributed by atoms with Gasteiger partial charge in [0.2, 0.25) is 0 Å². The van der Waals surface area contributed by atoms with Crippen molar-refractivity contribution >= 4 is 0 Å². The van der Waals surface area contributed by atoms with Gasteiger partial charge in [0.05, 0.1) is 24.3 Å². The molecule has 0 N–H and O–H groups in total. The van der Waals surface area contributed by atoms with Gasteiger partial charge in [-0.2, -0.15) is 18.4 Å². The van der Waals surface area contributed by atoms with Crippen LogP contribution in [0.3, 0.4) is 0 Å². The maximum absolute atomic E-state index is 12.5. The van der Waals surface area contributed by atoms with Gasteiger partial charge in [0, 0.05) is 6.42 Å². The lowest BCUT2D eigenvalue weighted by Gasteiger charge is -2.14. The SMILES string of the molecule is N#Cc1cc(C(F)(F)F)ccc1OC1CCOC1. The van der Waals surface area contributed by atoms with E-state index in [1.54, 1.807) is 6.07 Å². The third-order valence-electron chi connectivity index (χ3n) is 2.61. The van der Waals surface area contributed by atoms with Crippen molar-refractivity contribution in [2.75, 3.05) is 13.2 Å². The first-order valence-electron chi connectivity index (χ1n) is 5.36. The lowest BCUT2D eigenvalue weighted by molar-refractivity contribution is -0.137. The van der Waals surface area contributed by atoms with E-state index in [-0.39, 0.29) is 17.4 Å². The van der Waals surface area contributed by atoms with Crippen molar-refractivity contribution in [3.8, 4) is 11.8 Å². The summed E-state index contributed by atoms with van der Waals surface area (Å²) >= 11 is 0. The number of benzene rings is 1. The molecule has 1 aliphatic rings. The molecule has 96 valence electrons. The van der Waals surface area contributed by atoms with Crippen LogP contribution < -0.4 is 4.74 Å². The van der Waals surface area contributed by atoms with Gasteiger partial charge in [0.1, 0.15) is 17.9 Å². The molecule has 3 nitrogen and oxygen atoms in total. The predicted molar refractivity (Wildman–Crippen MR) is 56.0 cm³/mol. The summed E-state index contributed by atoms with van der Waals surface area (Å²) < 4.78 is 48.0. The van der Waals surface area contributed by atoms with Gasteiger partial charge in [0.15, 0.2) is 0 Å². The average Bonchev–Trinajstić information content (AvgIpc) is 2.81. The Morgan fingerprint density at radius 1 is 1.39 bits per heavy atom. The number of ether oxygens (including phenoxy) is 2. The summed E-state index contributed by atoms with van der Waals surface area (Å²) in [5, 5.41) is 8.85. The number of halogens is 3. The van der Waals surface area contributed by atoms with Crippen molar-refractivity contribution < 1.29 is 22.6 Å². The van der Waals surface area contributed by atoms with E-state index < -0.39 is 11.7 Å². The Hall–Kier alpha value is -1.74. The molecule has 1 fully saturated rings. The zero-order valence-corrected chi connectivity index (χ0v) is 9.33. The van der Waals surface area contributed by atoms with Crippen LogP contribution in [0, 0.1) is 11.3 Å². The molecule has 0 saturated carbocycles. The van der Waals surface area contributed by atoms with Gasteiger partial charge in [-0.3, -0.25) is 0 Å². The zero-order valence-electron chi connectivity index (χ0n) is 9.33. The van der Waals surface area contributed by atoms with Crippen molar-refractivity contribution in [3.63, 3.8) is 0 Å². The molecule has 6 heteroatoms. The first-order valence-corrected chi connectivity index (χ1v) is 5.36. The van der Waals surface area contributed by atoms with Gasteiger partial charge in [-0.25, -0.2) is 0 Å². The predicted octanol–water partition coefficient (Wildman–Crippen LogP) is 2.74. The van der Waals surface area contributed by atoms with Crippen LogP contribution >= 0.6 is 0 Å². The molecule has 1 atom stereocenters. The van der Waals surface area contributed by atoms with E-state index in [1.807, 2.05) is 0 Å². The Kier molecular flexibility index (Phi) is 3.43. The fraction of sp³-hybridized carbons (Fsp3) is 0.417. The molecule has 18 heavy (non-hydrogen) atoms. The number of hydrogen-bond acceptors (Lipinski definition) is 3. The molecule has 2 rings (SSSR count). The molecule has 1 aliphatic heterocycles. The smallest absolute Gasteiger partial charge is 0.416 e. The molecule has 1 heterocycles. The van der Waals surface area contributed by atoms with Crippen LogP contribution in [-0.4, -0.2) is 19.3 Å². The first kappa shape index (κ1) is 12.7. The van der Waals surface area contributed by atoms with E-state index in [1.165, 1.54) is 6.07 Å². The van der Waals surface area contributed by atoms with E-state index in [0.29, 0.717) is 19.6 Å². The second kappa shape index (κ2) is 4.86. The van der Waals surface area contributed by atoms with Crippen molar-refractivity contribution in [1.82, 2.24) is 0 Å². The van der Waals surface area contributed by atoms with Crippen molar-refractivity contribution in [3.05, 3.63) is 29.3 Å². The summed E-state index contributed by atoms with van der Waals surface area (Å²) in [7, 11) is 0. The molecule has 0 aromatic heterocycles. The Bertz CT molecular complexity index is 473. The van der Waals surface area contributed by atoms with Crippen molar-refractivity contribution in [2.45, 2.75) is 18.7 Å². The minimum atomic E-state index is -4.46. The van der Waals surface area contributed by atoms with Crippen LogP contribution in [0.5, 0.6) is 5.75 Å². The molecule has 1 saturated heterocycles. The Balaban J connectivity index is 2.23. The minimum Gasteiger partial charge on any atom is -0.487 e. The minimum absolute atomic E-state index is 0.114. The lowest BCUT2D eigenvalue weighted by atomic mass is 10.1. The quantitative estimate of drug-likeness (QED) is 0.818. The Labute approximate surface area is 102 Å². The van der Waals surface area contributed by atoms with Gasteiger partial charge in [-0.05, 0) is 18.2 Å². The zero-order chi connectivity index (χ0) is 13.2. The summed E-state index contributed by atoms with van der Waals surface area (Å²) in [4.78, 5) is 0. The summed E-state index contributed by atoms with van der Waals surface area (Å²) in [5.41, 5.74) is -0.967. The van der Waals surface area contributed by atoms with E-state index in [2.05, 4.69) is 0 Å². The third kappa shape index (κ3) is 2.74. The average molecular weight is 257 g/mol. The van der Waals surface area contributed by atoms with Crippen LogP contribution in [0.2, 0.25) is 0 Å². The molecular weight excluding hydrogens is 247 g/mol. The summed E-state index contributed by atoms with van der Waals surface area (Å²) in [6.45, 7) is 0.957. The summed E-state index contributed by atoms with van der Waals surface area (Å²) in [5.74, 6) is 0.168. The molecule has 1 aromatic rings. The van der Waals surface area contributed by atoms with Gasteiger partial charge in [-0.15, -0.1) is 0 Å². The van der Waals surface area contributed by atoms with Crippen LogP contribution in [-0.2, 0) is 10.9 Å². The molecule has 1 unspecified atom stereocenters. The van der Waals surface area contributed by atoms with Crippen LogP contribution in [0.1, 0.15) is 17.5 Å². The van der Waals surface area contributed by atoms with Crippen LogP contribution in [0.15, 0.2) is 18.2 Å². The van der Waals surface area contributed by atoms with E-state index in [4.69, 9.17) is 14.7 Å². The number of rotatable bonds is 2. The van der Waals surface area contributed by atoms with Gasteiger partial charge < -0.3 is 9.47 Å². The van der Waals surface area contributed by atoms with Crippen molar-refractivity contribution in [2.24, 2.45) is 0 Å². The molecule has 0 aliphatic carbocycles. The standard InChI is InChI=1S/C12H10F3NO2/c13-12(14,15)9-1-2-11(8(5-9)6-16)18-10-3-4-17-7-10/h1-2,5,10H,3-4,7H2. The van der Waals surface area contributed by atoms with Crippen molar-refractivity contribution in [1.29, 1.82) is 5.26 Å². The maximum atomic E-state index is 12.5. The highest BCUT2D eigenvalue weighted by atomic mass is 19.4. The molecule has 1 aromatic carbocycles. The van der Waals surface area contributed by atoms with Crippen LogP contribution in [0.4, 0.5) is 13.2 Å². The van der Waals surface area contributed by atoms with Gasteiger partial charge >= 0.3 is 6.18 Å². The van der Waals surface area contributed by atoms with Gasteiger partial charge in [0.25, 0.3) is 0 Å². The van der Waals surface area contributed by atoms with Gasteiger partial charge in [-0.1, -0.05) is 0 Å². The van der Waals surface area contributed by atoms with E-state index in [0.717, 1.165) is 12.1 Å². The van der Waals surface area contributed by atoms with Crippen LogP contribution in [0.25, 0.3) is 0 Å². The highest BCUT2D eigenvalue weighted by Gasteiger charge is 2.31. The molecule has 0 amide bonds. The van der Waals surface area contributed by atoms with E-state index in [9.17, 15) is 13.2 Å². The maximum Gasteiger partial charge on any atom is 0.416 e. The topological polar surface area (TPSA) is 42.2 Å². The second-order valence-electron chi connectivity index (χ2n) is 3.92. The highest BCUT2D eigenvalue weighted by Crippen LogP contribution is 2.32. The monoisotopic (exact) mass is 257 g/mol. The number of nitrogens with zero attached hydrogens (tertiary/aromatic N) is 1. The number of hydrogen-bond donors (Lipinski definition) is 0. The first-order chi connectivity index (χ1) is 8.50. The number of nitriles is 1. The largest absolute Gasteiger partial charge is 0.487 e. The molecular formula is C12H10F3NO2. The van der Waals surface area contributed by atoms with E-state index >= 15 is 0 Å². The fourth-order valence-electron chi connectivity index (χ4n) is 1.68. The second-order valence-corrected chi connectivity index (χ2v) is 3.92. The highest BCUT2D eigenvalue weighted by molar-refractivity contribution is 5.46. The Morgan fingerprint density at radius 3 is 2.72 bits per heavy atom. The Morgan fingerprint density at radius 2 is 2.17 bits per heavy atom. The number of alkyl halides is 3. The summed E-state index contributed by atoms with van der Waals surface area (Å²) in [6, 6.07) is 4.60. The third-order valence-corrected chi connectivity index (χ3v) is 2.61. The fourth-order valence-corrected chi connectivity index (χ4v) is 1.68. The molecule has 0 spiro atoms. The normalized spacial score (nSPS) is 19.6. The summed E-state index contributed by atoms with van der Waals surface area (Å²) in [6.07, 6.45) is -3.99. The molecule has 0 radical (unpaired) electrons. The molecule has 0 bridgehead atoms.